The molecule has 0 radical (unpaired) electrons. The number of sulfonamides is 1. The molecule has 1 unspecified atom stereocenters. The third-order valence-corrected chi connectivity index (χ3v) is 5.92. The average molecular weight is 421 g/mol. The van der Waals surface area contributed by atoms with E-state index in [1.54, 1.807) is 37.3 Å². The molecule has 0 bridgehead atoms. The fraction of sp³-hybridized carbons (Fsp3) is 0.381. The molecule has 8 heteroatoms. The van der Waals surface area contributed by atoms with E-state index in [0.29, 0.717) is 29.3 Å². The van der Waals surface area contributed by atoms with Crippen LogP contribution in [0.3, 0.4) is 0 Å². The maximum absolute atomic E-state index is 13.1. The number of anilines is 2. The molecule has 0 heterocycles. The molecule has 0 aliphatic carbocycles. The zero-order valence-electron chi connectivity index (χ0n) is 17.6. The van der Waals surface area contributed by atoms with Gasteiger partial charge in [-0.1, -0.05) is 13.0 Å². The fourth-order valence-electron chi connectivity index (χ4n) is 3.04. The van der Waals surface area contributed by atoms with Gasteiger partial charge in [-0.15, -0.1) is 0 Å². The smallest absolute Gasteiger partial charge is 0.248 e. The second-order valence-corrected chi connectivity index (χ2v) is 8.67. The second kappa shape index (κ2) is 9.17. The quantitative estimate of drug-likeness (QED) is 0.706. The van der Waals surface area contributed by atoms with E-state index in [9.17, 15) is 13.2 Å². The highest BCUT2D eigenvalue weighted by Gasteiger charge is 2.32. The van der Waals surface area contributed by atoms with Crippen molar-refractivity contribution in [2.45, 2.75) is 33.2 Å². The molecule has 7 nitrogen and oxygen atoms in total. The summed E-state index contributed by atoms with van der Waals surface area (Å²) in [5, 5.41) is 2.79. The van der Waals surface area contributed by atoms with Crippen molar-refractivity contribution in [2.24, 2.45) is 0 Å². The van der Waals surface area contributed by atoms with Crippen molar-refractivity contribution in [3.8, 4) is 11.5 Å². The molecule has 0 spiro atoms. The zero-order chi connectivity index (χ0) is 21.8. The minimum absolute atomic E-state index is 0.296. The number of benzene rings is 2. The number of methoxy groups -OCH3 is 2. The molecule has 2 rings (SSSR count). The van der Waals surface area contributed by atoms with Crippen molar-refractivity contribution in [3.63, 3.8) is 0 Å². The first-order chi connectivity index (χ1) is 13.6. The van der Waals surface area contributed by atoms with Gasteiger partial charge in [0.1, 0.15) is 17.5 Å². The molecular formula is C21H28N2O5S. The van der Waals surface area contributed by atoms with E-state index in [1.807, 2.05) is 19.9 Å². The summed E-state index contributed by atoms with van der Waals surface area (Å²) in [6, 6.07) is 9.42. The lowest BCUT2D eigenvalue weighted by Crippen LogP contribution is -2.47. The number of amides is 1. The molecule has 0 aliphatic heterocycles. The van der Waals surface area contributed by atoms with Gasteiger partial charge in [-0.05, 0) is 55.7 Å². The van der Waals surface area contributed by atoms with E-state index in [0.717, 1.165) is 17.4 Å². The Hall–Kier alpha value is -2.74. The Morgan fingerprint density at radius 1 is 1.07 bits per heavy atom. The molecule has 0 aromatic heterocycles. The first-order valence-corrected chi connectivity index (χ1v) is 11.1. The number of hydrogen-bond donors (Lipinski definition) is 1. The van der Waals surface area contributed by atoms with Gasteiger partial charge in [0, 0.05) is 6.07 Å². The number of carbonyl (C=O) groups excluding carboxylic acids is 1. The molecule has 1 amide bonds. The normalized spacial score (nSPS) is 12.2. The Kier molecular flexibility index (Phi) is 7.13. The van der Waals surface area contributed by atoms with Crippen LogP contribution in [0, 0.1) is 13.8 Å². The summed E-state index contributed by atoms with van der Waals surface area (Å²) in [5.41, 5.74) is 2.88. The zero-order valence-corrected chi connectivity index (χ0v) is 18.5. The van der Waals surface area contributed by atoms with Crippen LogP contribution in [-0.4, -0.2) is 40.8 Å². The lowest BCUT2D eigenvalue weighted by molar-refractivity contribution is -0.117. The first kappa shape index (κ1) is 22.5. The lowest BCUT2D eigenvalue weighted by atomic mass is 10.1. The minimum Gasteiger partial charge on any atom is -0.497 e. The summed E-state index contributed by atoms with van der Waals surface area (Å²) in [6.07, 6.45) is 1.40. The van der Waals surface area contributed by atoms with Crippen LogP contribution in [0.15, 0.2) is 36.4 Å². The van der Waals surface area contributed by atoms with Crippen molar-refractivity contribution in [1.82, 2.24) is 0 Å². The number of ether oxygens (including phenoxy) is 2. The Morgan fingerprint density at radius 2 is 1.76 bits per heavy atom. The summed E-state index contributed by atoms with van der Waals surface area (Å²) in [5.74, 6) is 0.559. The molecular weight excluding hydrogens is 392 g/mol. The average Bonchev–Trinajstić information content (AvgIpc) is 2.67. The maximum atomic E-state index is 13.1. The summed E-state index contributed by atoms with van der Waals surface area (Å²) < 4.78 is 36.8. The summed E-state index contributed by atoms with van der Waals surface area (Å²) in [4.78, 5) is 13.1. The summed E-state index contributed by atoms with van der Waals surface area (Å²) in [6.45, 7) is 5.63. The van der Waals surface area contributed by atoms with Gasteiger partial charge in [0.2, 0.25) is 15.9 Å². The number of nitrogens with zero attached hydrogens (tertiary/aromatic N) is 1. The molecule has 2 aromatic rings. The van der Waals surface area contributed by atoms with E-state index in [2.05, 4.69) is 5.32 Å². The third-order valence-electron chi connectivity index (χ3n) is 4.74. The van der Waals surface area contributed by atoms with E-state index in [4.69, 9.17) is 9.47 Å². The van der Waals surface area contributed by atoms with Gasteiger partial charge >= 0.3 is 0 Å². The van der Waals surface area contributed by atoms with Gasteiger partial charge in [0.05, 0.1) is 31.9 Å². The minimum atomic E-state index is -3.70. The maximum Gasteiger partial charge on any atom is 0.248 e. The number of aryl methyl sites for hydroxylation is 2. The fourth-order valence-corrected chi connectivity index (χ4v) is 4.24. The number of hydrogen-bond acceptors (Lipinski definition) is 5. The lowest BCUT2D eigenvalue weighted by Gasteiger charge is -2.30. The molecule has 2 aromatic carbocycles. The highest BCUT2D eigenvalue weighted by Crippen LogP contribution is 2.30. The van der Waals surface area contributed by atoms with Crippen molar-refractivity contribution in [2.75, 3.05) is 30.1 Å². The monoisotopic (exact) mass is 420 g/mol. The van der Waals surface area contributed by atoms with Gasteiger partial charge < -0.3 is 14.8 Å². The number of rotatable bonds is 8. The number of nitrogens with one attached hydrogen (secondary N) is 1. The van der Waals surface area contributed by atoms with Crippen molar-refractivity contribution >= 4 is 27.3 Å². The number of carbonyl (C=O) groups is 1. The summed E-state index contributed by atoms with van der Waals surface area (Å²) in [7, 11) is -0.680. The SMILES string of the molecule is CCC(C(=O)Nc1ccc(OC)cc1OC)N(c1ccc(C)c(C)c1)S(C)(=O)=O. The topological polar surface area (TPSA) is 84.9 Å². The van der Waals surface area contributed by atoms with Gasteiger partial charge in [0.25, 0.3) is 0 Å². The van der Waals surface area contributed by atoms with E-state index >= 15 is 0 Å². The molecule has 29 heavy (non-hydrogen) atoms. The van der Waals surface area contributed by atoms with Gasteiger partial charge in [-0.3, -0.25) is 9.10 Å². The largest absolute Gasteiger partial charge is 0.497 e. The molecule has 1 atom stereocenters. The molecule has 0 aliphatic rings. The van der Waals surface area contributed by atoms with Crippen molar-refractivity contribution < 1.29 is 22.7 Å². The van der Waals surface area contributed by atoms with Crippen LogP contribution in [0.4, 0.5) is 11.4 Å². The Morgan fingerprint density at radius 3 is 2.28 bits per heavy atom. The standard InChI is InChI=1S/C21H28N2O5S/c1-7-19(21(24)22-18-11-10-17(27-4)13-20(18)28-5)23(29(6,25)26)16-9-8-14(2)15(3)12-16/h8-13,19H,7H2,1-6H3,(H,22,24). The van der Waals surface area contributed by atoms with Crippen molar-refractivity contribution in [3.05, 3.63) is 47.5 Å². The Labute approximate surface area is 172 Å². The highest BCUT2D eigenvalue weighted by atomic mass is 32.2. The Balaban J connectivity index is 2.42. The van der Waals surface area contributed by atoms with Crippen LogP contribution in [0.1, 0.15) is 24.5 Å². The molecule has 0 saturated carbocycles. The molecule has 1 N–H and O–H groups in total. The highest BCUT2D eigenvalue weighted by molar-refractivity contribution is 7.92. The summed E-state index contributed by atoms with van der Waals surface area (Å²) >= 11 is 0. The van der Waals surface area contributed by atoms with Crippen LogP contribution in [0.5, 0.6) is 11.5 Å². The van der Waals surface area contributed by atoms with E-state index in [-0.39, 0.29) is 0 Å². The van der Waals surface area contributed by atoms with Gasteiger partial charge in [0.15, 0.2) is 0 Å². The predicted octanol–water partition coefficient (Wildman–Crippen LogP) is 3.50. The van der Waals surface area contributed by atoms with E-state index in [1.165, 1.54) is 18.5 Å². The molecule has 0 saturated heterocycles. The van der Waals surface area contributed by atoms with Crippen LogP contribution in [0.25, 0.3) is 0 Å². The van der Waals surface area contributed by atoms with Gasteiger partial charge in [-0.2, -0.15) is 0 Å². The van der Waals surface area contributed by atoms with E-state index < -0.39 is 22.0 Å². The first-order valence-electron chi connectivity index (χ1n) is 9.21. The van der Waals surface area contributed by atoms with Crippen molar-refractivity contribution in [1.29, 1.82) is 0 Å². The van der Waals surface area contributed by atoms with Crippen LogP contribution >= 0.6 is 0 Å². The van der Waals surface area contributed by atoms with Crippen LogP contribution in [-0.2, 0) is 14.8 Å². The second-order valence-electron chi connectivity index (χ2n) is 6.81. The van der Waals surface area contributed by atoms with Crippen LogP contribution in [0.2, 0.25) is 0 Å². The Bertz CT molecular complexity index is 989. The molecule has 0 fully saturated rings. The predicted molar refractivity (Wildman–Crippen MR) is 115 cm³/mol. The third kappa shape index (κ3) is 5.20. The molecule has 158 valence electrons. The van der Waals surface area contributed by atoms with Crippen LogP contribution < -0.4 is 19.1 Å². The van der Waals surface area contributed by atoms with Gasteiger partial charge in [-0.25, -0.2) is 8.42 Å².